The van der Waals surface area contributed by atoms with Crippen LogP contribution in [0.4, 0.5) is 0 Å². The monoisotopic (exact) mass is 425 g/mol. The molecule has 1 atom stereocenters. The summed E-state index contributed by atoms with van der Waals surface area (Å²) in [5.74, 6) is -0.236. The van der Waals surface area contributed by atoms with Gasteiger partial charge >= 0.3 is 5.97 Å². The van der Waals surface area contributed by atoms with E-state index >= 15 is 0 Å². The van der Waals surface area contributed by atoms with E-state index in [0.717, 1.165) is 5.56 Å². The summed E-state index contributed by atoms with van der Waals surface area (Å²) in [5, 5.41) is 0. The number of benzene rings is 1. The molecule has 160 valence electrons. The zero-order chi connectivity index (χ0) is 21.4. The van der Waals surface area contributed by atoms with Crippen molar-refractivity contribution in [2.24, 2.45) is 0 Å². The molecule has 0 radical (unpaired) electrons. The molecule has 0 saturated carbocycles. The third kappa shape index (κ3) is 6.49. The van der Waals surface area contributed by atoms with Crippen molar-refractivity contribution in [3.05, 3.63) is 29.8 Å². The quantitative estimate of drug-likeness (QED) is 0.555. The topological polar surface area (TPSA) is 99.2 Å². The number of methoxy groups -OCH3 is 1. The Kier molecular flexibility index (Phi) is 8.07. The zero-order valence-electron chi connectivity index (χ0n) is 16.9. The summed E-state index contributed by atoms with van der Waals surface area (Å²) in [6.45, 7) is 3.18. The van der Waals surface area contributed by atoms with E-state index in [1.807, 2.05) is 25.1 Å². The third-order valence-electron chi connectivity index (χ3n) is 4.56. The van der Waals surface area contributed by atoms with Crippen LogP contribution in [0.15, 0.2) is 24.3 Å². The minimum Gasteiger partial charge on any atom is -0.493 e. The molecule has 29 heavy (non-hydrogen) atoms. The number of nitrogens with zero attached hydrogens (tertiary/aromatic N) is 1. The lowest BCUT2D eigenvalue weighted by Gasteiger charge is -2.26. The predicted octanol–water partition coefficient (Wildman–Crippen LogP) is 1.69. The smallest absolute Gasteiger partial charge is 0.344 e. The maximum absolute atomic E-state index is 12.3. The summed E-state index contributed by atoms with van der Waals surface area (Å²) in [4.78, 5) is 25.7. The Morgan fingerprint density at radius 2 is 2.00 bits per heavy atom. The molecule has 1 amide bonds. The van der Waals surface area contributed by atoms with Gasteiger partial charge in [-0.1, -0.05) is 18.2 Å². The van der Waals surface area contributed by atoms with Crippen molar-refractivity contribution in [1.82, 2.24) is 4.90 Å². The summed E-state index contributed by atoms with van der Waals surface area (Å²) < 4.78 is 39.0. The van der Waals surface area contributed by atoms with Crippen LogP contribution < -0.4 is 9.47 Å². The Morgan fingerprint density at radius 3 is 2.59 bits per heavy atom. The number of hydrogen-bond donors (Lipinski definition) is 0. The van der Waals surface area contributed by atoms with Crippen LogP contribution in [-0.4, -0.2) is 69.6 Å². The molecule has 0 N–H and O–H groups in total. The number of ether oxygens (including phenoxy) is 3. The highest BCUT2D eigenvalue weighted by Crippen LogP contribution is 2.28. The summed E-state index contributed by atoms with van der Waals surface area (Å²) in [6.07, 6.45) is 4.20. The van der Waals surface area contributed by atoms with E-state index in [0.29, 0.717) is 24.5 Å². The number of carbonyl (C=O) groups excluding carboxylic acids is 2. The molecular weight excluding hydrogens is 398 g/mol. The molecule has 1 aromatic carbocycles. The lowest BCUT2D eigenvalue weighted by atomic mass is 10.2. The molecule has 0 aromatic heterocycles. The maximum atomic E-state index is 12.3. The van der Waals surface area contributed by atoms with Crippen LogP contribution in [0, 0.1) is 0 Å². The van der Waals surface area contributed by atoms with E-state index in [2.05, 4.69) is 0 Å². The molecule has 0 aliphatic carbocycles. The van der Waals surface area contributed by atoms with Crippen LogP contribution in [0.25, 0.3) is 6.08 Å². The lowest BCUT2D eigenvalue weighted by Crippen LogP contribution is -2.43. The summed E-state index contributed by atoms with van der Waals surface area (Å²) >= 11 is 0. The molecule has 0 spiro atoms. The minimum absolute atomic E-state index is 0.0490. The molecule has 1 saturated heterocycles. The number of hydrogen-bond acceptors (Lipinski definition) is 7. The van der Waals surface area contributed by atoms with Gasteiger partial charge in [0.05, 0.1) is 18.6 Å². The molecule has 1 aromatic rings. The second-order valence-electron chi connectivity index (χ2n) is 6.60. The van der Waals surface area contributed by atoms with Crippen LogP contribution in [-0.2, 0) is 24.2 Å². The van der Waals surface area contributed by atoms with E-state index < -0.39 is 28.3 Å². The SMILES string of the molecule is C/C=C/c1ccc(OCC(=O)OCC(=O)N(CC)[C@H]2CCS(=O)(=O)C2)c(OC)c1. The molecule has 8 nitrogen and oxygen atoms in total. The van der Waals surface area contributed by atoms with E-state index in [4.69, 9.17) is 14.2 Å². The number of allylic oxidation sites excluding steroid dienone is 1. The van der Waals surface area contributed by atoms with Crippen LogP contribution in [0.3, 0.4) is 0 Å². The maximum Gasteiger partial charge on any atom is 0.344 e. The highest BCUT2D eigenvalue weighted by atomic mass is 32.2. The first kappa shape index (κ1) is 22.7. The first-order valence-corrected chi connectivity index (χ1v) is 11.2. The second-order valence-corrected chi connectivity index (χ2v) is 8.82. The fraction of sp³-hybridized carbons (Fsp3) is 0.500. The number of carbonyl (C=O) groups is 2. The van der Waals surface area contributed by atoms with Crippen molar-refractivity contribution in [1.29, 1.82) is 0 Å². The van der Waals surface area contributed by atoms with Crippen molar-refractivity contribution < 1.29 is 32.2 Å². The molecule has 1 fully saturated rings. The highest BCUT2D eigenvalue weighted by molar-refractivity contribution is 7.91. The lowest BCUT2D eigenvalue weighted by molar-refractivity contribution is -0.154. The van der Waals surface area contributed by atoms with Crippen molar-refractivity contribution in [2.75, 3.05) is 38.4 Å². The zero-order valence-corrected chi connectivity index (χ0v) is 17.7. The molecule has 1 aliphatic rings. The molecule has 9 heteroatoms. The Hall–Kier alpha value is -2.55. The Balaban J connectivity index is 1.85. The van der Waals surface area contributed by atoms with Gasteiger partial charge in [-0.25, -0.2) is 13.2 Å². The van der Waals surface area contributed by atoms with Gasteiger partial charge in [0, 0.05) is 12.6 Å². The Bertz CT molecular complexity index is 864. The van der Waals surface area contributed by atoms with Gasteiger partial charge < -0.3 is 19.1 Å². The van der Waals surface area contributed by atoms with Crippen LogP contribution >= 0.6 is 0 Å². The minimum atomic E-state index is -3.11. The predicted molar refractivity (Wildman–Crippen MR) is 109 cm³/mol. The van der Waals surface area contributed by atoms with Gasteiger partial charge in [0.25, 0.3) is 5.91 Å². The van der Waals surface area contributed by atoms with E-state index in [-0.39, 0.29) is 24.2 Å². The molecule has 0 bridgehead atoms. The van der Waals surface area contributed by atoms with Gasteiger partial charge in [-0.3, -0.25) is 4.79 Å². The number of sulfone groups is 1. The van der Waals surface area contributed by atoms with Gasteiger partial charge in [-0.15, -0.1) is 0 Å². The molecule has 2 rings (SSSR count). The van der Waals surface area contributed by atoms with Gasteiger partial charge in [-0.05, 0) is 38.0 Å². The number of rotatable bonds is 9. The van der Waals surface area contributed by atoms with Gasteiger partial charge in [0.1, 0.15) is 0 Å². The van der Waals surface area contributed by atoms with Crippen LogP contribution in [0.1, 0.15) is 25.8 Å². The largest absolute Gasteiger partial charge is 0.493 e. The first-order chi connectivity index (χ1) is 13.8. The molecular formula is C20H27NO7S. The van der Waals surface area contributed by atoms with Gasteiger partial charge in [0.15, 0.2) is 34.6 Å². The van der Waals surface area contributed by atoms with Crippen molar-refractivity contribution >= 4 is 27.8 Å². The van der Waals surface area contributed by atoms with Crippen molar-refractivity contribution in [2.45, 2.75) is 26.3 Å². The van der Waals surface area contributed by atoms with Crippen molar-refractivity contribution in [3.8, 4) is 11.5 Å². The standard InChI is InChI=1S/C20H27NO7S/c1-4-6-15-7-8-17(18(11-15)26-3)27-13-20(23)28-12-19(22)21(5-2)16-9-10-29(24,25)14-16/h4,6-8,11,16H,5,9-10,12-14H2,1-3H3/b6-4+/t16-/m0/s1. The first-order valence-electron chi connectivity index (χ1n) is 9.38. The number of amides is 1. The van der Waals surface area contributed by atoms with Crippen LogP contribution in [0.5, 0.6) is 11.5 Å². The van der Waals surface area contributed by atoms with Crippen molar-refractivity contribution in [3.63, 3.8) is 0 Å². The highest BCUT2D eigenvalue weighted by Gasteiger charge is 2.34. The normalized spacial score (nSPS) is 17.8. The fourth-order valence-electron chi connectivity index (χ4n) is 3.16. The summed E-state index contributed by atoms with van der Waals surface area (Å²) in [7, 11) is -1.60. The van der Waals surface area contributed by atoms with E-state index in [9.17, 15) is 18.0 Å². The van der Waals surface area contributed by atoms with Crippen LogP contribution in [0.2, 0.25) is 0 Å². The molecule has 1 aliphatic heterocycles. The third-order valence-corrected chi connectivity index (χ3v) is 6.31. The van der Waals surface area contributed by atoms with Gasteiger partial charge in [-0.2, -0.15) is 0 Å². The molecule has 1 heterocycles. The summed E-state index contributed by atoms with van der Waals surface area (Å²) in [5.41, 5.74) is 0.929. The van der Waals surface area contributed by atoms with E-state index in [1.165, 1.54) is 12.0 Å². The van der Waals surface area contributed by atoms with Gasteiger partial charge in [0.2, 0.25) is 0 Å². The average Bonchev–Trinajstić information content (AvgIpc) is 3.05. The number of likely N-dealkylation sites (N-methyl/N-ethyl adjacent to an activating group) is 1. The summed E-state index contributed by atoms with van der Waals surface area (Å²) in [6, 6.07) is 4.92. The molecule has 0 unspecified atom stereocenters. The van der Waals surface area contributed by atoms with E-state index in [1.54, 1.807) is 19.1 Å². The average molecular weight is 426 g/mol. The second kappa shape index (κ2) is 10.3. The number of esters is 1. The Morgan fingerprint density at radius 1 is 1.24 bits per heavy atom. The Labute approximate surface area is 171 Å². The fourth-order valence-corrected chi connectivity index (χ4v) is 4.89.